The lowest BCUT2D eigenvalue weighted by molar-refractivity contribution is 0.282. The normalized spacial score (nSPS) is 10.7. The molecule has 2 aromatic carbocycles. The van der Waals surface area contributed by atoms with E-state index in [-0.39, 0.29) is 6.61 Å². The molecule has 0 spiro atoms. The summed E-state index contributed by atoms with van der Waals surface area (Å²) in [6.45, 7) is 1.55. The monoisotopic (exact) mass is 413 g/mol. The average Bonchev–Trinajstić information content (AvgIpc) is 2.47. The van der Waals surface area contributed by atoms with E-state index in [4.69, 9.17) is 9.84 Å². The Morgan fingerprint density at radius 3 is 2.33 bits per heavy atom. The van der Waals surface area contributed by atoms with Gasteiger partial charge in [0, 0.05) is 23.1 Å². The lowest BCUT2D eigenvalue weighted by atomic mass is 10.1. The van der Waals surface area contributed by atoms with Crippen LogP contribution in [0.1, 0.15) is 16.7 Å². The maximum absolute atomic E-state index is 9.02. The fraction of sp³-hybridized carbons (Fsp3) is 0.250. The second kappa shape index (κ2) is 7.94. The highest BCUT2D eigenvalue weighted by Crippen LogP contribution is 2.32. The molecule has 0 aliphatic carbocycles. The van der Waals surface area contributed by atoms with Crippen LogP contribution in [0.5, 0.6) is 5.75 Å². The zero-order valence-corrected chi connectivity index (χ0v) is 14.9. The fourth-order valence-corrected chi connectivity index (χ4v) is 3.55. The quantitative estimate of drug-likeness (QED) is 0.750. The zero-order valence-electron chi connectivity index (χ0n) is 11.7. The van der Waals surface area contributed by atoms with Crippen molar-refractivity contribution in [2.75, 3.05) is 7.11 Å². The van der Waals surface area contributed by atoms with Gasteiger partial charge in [0.05, 0.1) is 18.2 Å². The number of benzene rings is 2. The molecule has 21 heavy (non-hydrogen) atoms. The van der Waals surface area contributed by atoms with E-state index in [1.807, 2.05) is 36.4 Å². The van der Waals surface area contributed by atoms with Crippen LogP contribution in [0.4, 0.5) is 0 Å². The van der Waals surface area contributed by atoms with E-state index in [1.165, 1.54) is 5.56 Å². The molecule has 0 saturated carbocycles. The van der Waals surface area contributed by atoms with Gasteiger partial charge in [0.15, 0.2) is 0 Å². The van der Waals surface area contributed by atoms with E-state index in [1.54, 1.807) is 7.11 Å². The molecule has 0 unspecified atom stereocenters. The Morgan fingerprint density at radius 1 is 1.05 bits per heavy atom. The van der Waals surface area contributed by atoms with Crippen LogP contribution in [0.2, 0.25) is 0 Å². The van der Waals surface area contributed by atoms with Gasteiger partial charge in [-0.15, -0.1) is 0 Å². The largest absolute Gasteiger partial charge is 0.495 e. The Balaban J connectivity index is 1.99. The molecule has 0 saturated heterocycles. The first-order valence-corrected chi connectivity index (χ1v) is 8.14. The standard InChI is InChI=1S/C16H17Br2NO2/c1-21-16-13(6-14(17)7-15(16)18)9-19-8-11-2-4-12(10-20)5-3-11/h2-7,19-20H,8-10H2,1H3. The maximum Gasteiger partial charge on any atom is 0.137 e. The first-order chi connectivity index (χ1) is 10.1. The van der Waals surface area contributed by atoms with E-state index >= 15 is 0 Å². The highest BCUT2D eigenvalue weighted by molar-refractivity contribution is 9.11. The van der Waals surface area contributed by atoms with Gasteiger partial charge in [-0.05, 0) is 39.2 Å². The van der Waals surface area contributed by atoms with Gasteiger partial charge in [-0.2, -0.15) is 0 Å². The van der Waals surface area contributed by atoms with Crippen molar-refractivity contribution in [1.29, 1.82) is 0 Å². The Kier molecular flexibility index (Phi) is 6.23. The second-order valence-corrected chi connectivity index (χ2v) is 6.43. The summed E-state index contributed by atoms with van der Waals surface area (Å²) in [4.78, 5) is 0. The summed E-state index contributed by atoms with van der Waals surface area (Å²) in [5.74, 6) is 0.848. The molecule has 0 aliphatic heterocycles. The number of aliphatic hydroxyl groups excluding tert-OH is 1. The van der Waals surface area contributed by atoms with Crippen LogP contribution in [0.3, 0.4) is 0 Å². The summed E-state index contributed by atoms with van der Waals surface area (Å²) >= 11 is 7.00. The van der Waals surface area contributed by atoms with Crippen LogP contribution < -0.4 is 10.1 Å². The first-order valence-electron chi connectivity index (χ1n) is 6.55. The third-order valence-corrected chi connectivity index (χ3v) is 4.19. The van der Waals surface area contributed by atoms with E-state index in [2.05, 4.69) is 37.2 Å². The zero-order chi connectivity index (χ0) is 15.2. The van der Waals surface area contributed by atoms with E-state index in [9.17, 15) is 0 Å². The number of hydrogen-bond donors (Lipinski definition) is 2. The summed E-state index contributed by atoms with van der Waals surface area (Å²) in [5.41, 5.74) is 3.20. The first kappa shape index (κ1) is 16.5. The van der Waals surface area contributed by atoms with Crippen molar-refractivity contribution in [3.05, 3.63) is 62.0 Å². The van der Waals surface area contributed by atoms with Crippen molar-refractivity contribution in [2.24, 2.45) is 0 Å². The molecule has 5 heteroatoms. The van der Waals surface area contributed by atoms with Gasteiger partial charge >= 0.3 is 0 Å². The Hall–Kier alpha value is -0.880. The minimum atomic E-state index is 0.0803. The Labute approximate surface area is 141 Å². The van der Waals surface area contributed by atoms with Gasteiger partial charge in [0.25, 0.3) is 0 Å². The molecule has 0 bridgehead atoms. The number of nitrogens with one attached hydrogen (secondary N) is 1. The fourth-order valence-electron chi connectivity index (χ4n) is 2.08. The molecule has 2 N–H and O–H groups in total. The van der Waals surface area contributed by atoms with Gasteiger partial charge < -0.3 is 15.2 Å². The second-order valence-electron chi connectivity index (χ2n) is 4.66. The highest BCUT2D eigenvalue weighted by atomic mass is 79.9. The molecular formula is C16H17Br2NO2. The van der Waals surface area contributed by atoms with Crippen molar-refractivity contribution in [3.63, 3.8) is 0 Å². The summed E-state index contributed by atoms with van der Waals surface area (Å²) < 4.78 is 7.38. The molecule has 0 radical (unpaired) electrons. The number of methoxy groups -OCH3 is 1. The van der Waals surface area contributed by atoms with Crippen LogP contribution in [0, 0.1) is 0 Å². The lowest BCUT2D eigenvalue weighted by Crippen LogP contribution is -2.13. The minimum absolute atomic E-state index is 0.0803. The molecule has 0 aliphatic rings. The van der Waals surface area contributed by atoms with Gasteiger partial charge in [0.1, 0.15) is 5.75 Å². The molecule has 0 atom stereocenters. The van der Waals surface area contributed by atoms with Crippen molar-refractivity contribution < 1.29 is 9.84 Å². The van der Waals surface area contributed by atoms with Crippen LogP contribution in [0.15, 0.2) is 45.3 Å². The lowest BCUT2D eigenvalue weighted by Gasteiger charge is -2.12. The van der Waals surface area contributed by atoms with Crippen LogP contribution in [0.25, 0.3) is 0 Å². The number of rotatable bonds is 6. The Bertz CT molecular complexity index is 600. The summed E-state index contributed by atoms with van der Waals surface area (Å²) in [6, 6.07) is 11.9. The van der Waals surface area contributed by atoms with E-state index < -0.39 is 0 Å². The summed E-state index contributed by atoms with van der Waals surface area (Å²) in [6.07, 6.45) is 0. The highest BCUT2D eigenvalue weighted by Gasteiger charge is 2.08. The van der Waals surface area contributed by atoms with Gasteiger partial charge in [0.2, 0.25) is 0 Å². The van der Waals surface area contributed by atoms with Crippen LogP contribution in [-0.2, 0) is 19.7 Å². The average molecular weight is 415 g/mol. The predicted molar refractivity (Wildman–Crippen MR) is 91.3 cm³/mol. The van der Waals surface area contributed by atoms with Gasteiger partial charge in [-0.1, -0.05) is 40.2 Å². The molecule has 0 fully saturated rings. The molecule has 2 rings (SSSR count). The topological polar surface area (TPSA) is 41.5 Å². The van der Waals surface area contributed by atoms with Crippen molar-refractivity contribution in [2.45, 2.75) is 19.7 Å². The van der Waals surface area contributed by atoms with Crippen molar-refractivity contribution in [1.82, 2.24) is 5.32 Å². The predicted octanol–water partition coefficient (Wildman–Crippen LogP) is 4.00. The number of ether oxygens (including phenoxy) is 1. The summed E-state index contributed by atoms with van der Waals surface area (Å²) in [5, 5.41) is 12.4. The SMILES string of the molecule is COc1c(Br)cc(Br)cc1CNCc1ccc(CO)cc1. The molecule has 3 nitrogen and oxygen atoms in total. The molecular weight excluding hydrogens is 398 g/mol. The third kappa shape index (κ3) is 4.54. The third-order valence-electron chi connectivity index (χ3n) is 3.14. The molecule has 112 valence electrons. The Morgan fingerprint density at radius 2 is 1.71 bits per heavy atom. The van der Waals surface area contributed by atoms with Gasteiger partial charge in [-0.3, -0.25) is 0 Å². The van der Waals surface area contributed by atoms with E-state index in [0.29, 0.717) is 6.54 Å². The summed E-state index contributed by atoms with van der Waals surface area (Å²) in [7, 11) is 1.67. The molecule has 0 heterocycles. The van der Waals surface area contributed by atoms with Crippen molar-refractivity contribution in [3.8, 4) is 5.75 Å². The number of hydrogen-bond acceptors (Lipinski definition) is 3. The minimum Gasteiger partial charge on any atom is -0.495 e. The molecule has 0 amide bonds. The maximum atomic E-state index is 9.02. The van der Waals surface area contributed by atoms with Crippen LogP contribution >= 0.6 is 31.9 Å². The molecule has 0 aromatic heterocycles. The smallest absolute Gasteiger partial charge is 0.137 e. The molecule has 2 aromatic rings. The number of aliphatic hydroxyl groups is 1. The van der Waals surface area contributed by atoms with E-state index in [0.717, 1.165) is 32.4 Å². The van der Waals surface area contributed by atoms with Gasteiger partial charge in [-0.25, -0.2) is 0 Å². The van der Waals surface area contributed by atoms with Crippen molar-refractivity contribution >= 4 is 31.9 Å². The van der Waals surface area contributed by atoms with Crippen LogP contribution in [-0.4, -0.2) is 12.2 Å². The number of halogens is 2.